The number of nitrogens with zero attached hydrogens (tertiary/aromatic N) is 7. The highest BCUT2D eigenvalue weighted by molar-refractivity contribution is 5.85. The molecule has 23 heavy (non-hydrogen) atoms. The second-order valence-electron chi connectivity index (χ2n) is 5.17. The van der Waals surface area contributed by atoms with Crippen LogP contribution in [-0.4, -0.2) is 70.0 Å². The molecule has 2 rings (SSSR count). The Morgan fingerprint density at radius 2 is 1.83 bits per heavy atom. The molecule has 0 radical (unpaired) electrons. The summed E-state index contributed by atoms with van der Waals surface area (Å²) in [5.41, 5.74) is -0.665. The third-order valence-corrected chi connectivity index (χ3v) is 2.66. The number of halogens is 3. The first-order valence-electron chi connectivity index (χ1n) is 6.54. The number of imidazole rings is 1. The summed E-state index contributed by atoms with van der Waals surface area (Å²) < 4.78 is 40.8. The summed E-state index contributed by atoms with van der Waals surface area (Å²) in [5, 5.41) is 0. The molecule has 0 aliphatic rings. The highest BCUT2D eigenvalue weighted by atomic mass is 19.4. The van der Waals surface area contributed by atoms with Crippen molar-refractivity contribution in [3.8, 4) is 0 Å². The van der Waals surface area contributed by atoms with Gasteiger partial charge in [0.25, 0.3) is 0 Å². The van der Waals surface area contributed by atoms with Crippen molar-refractivity contribution < 1.29 is 13.2 Å². The van der Waals surface area contributed by atoms with Gasteiger partial charge in [0.05, 0.1) is 6.34 Å². The molecule has 0 amide bonds. The van der Waals surface area contributed by atoms with Crippen molar-refractivity contribution >= 4 is 29.0 Å². The lowest BCUT2D eigenvalue weighted by atomic mass is 10.4. The minimum absolute atomic E-state index is 0.0383. The summed E-state index contributed by atoms with van der Waals surface area (Å²) in [6.07, 6.45) is 0.117. The van der Waals surface area contributed by atoms with Crippen LogP contribution in [0.1, 0.15) is 0 Å². The zero-order valence-electron chi connectivity index (χ0n) is 13.1. The monoisotopic (exact) mass is 327 g/mol. The highest BCUT2D eigenvalue weighted by Gasteiger charge is 2.36. The number of fused-ring (bicyclic) bond motifs is 1. The van der Waals surface area contributed by atoms with Gasteiger partial charge in [0, 0.05) is 34.4 Å². The third kappa shape index (κ3) is 3.76. The van der Waals surface area contributed by atoms with Gasteiger partial charge in [-0.05, 0) is 0 Å². The third-order valence-electron chi connectivity index (χ3n) is 2.66. The van der Waals surface area contributed by atoms with Gasteiger partial charge in [0.1, 0.15) is 18.4 Å². The molecule has 2 aromatic rings. The van der Waals surface area contributed by atoms with Crippen molar-refractivity contribution in [2.24, 2.45) is 4.99 Å². The molecular weight excluding hydrogens is 311 g/mol. The lowest BCUT2D eigenvalue weighted by Crippen LogP contribution is -2.19. The maximum absolute atomic E-state index is 13.3. The van der Waals surface area contributed by atoms with Crippen LogP contribution in [0.25, 0.3) is 16.9 Å². The summed E-state index contributed by atoms with van der Waals surface area (Å²) in [5.74, 6) is 0.203. The number of alkyl halides is 3. The topological polar surface area (TPSA) is 62.4 Å². The molecule has 0 bridgehead atoms. The van der Waals surface area contributed by atoms with Gasteiger partial charge in [-0.15, -0.1) is 0 Å². The summed E-state index contributed by atoms with van der Waals surface area (Å²) in [6.45, 7) is 0. The SMILES string of the molecule is CN(C)/C=C(\n1cnc2c(/N=C/N(C)C)ncnc21)C(F)(F)F. The van der Waals surface area contributed by atoms with Crippen molar-refractivity contribution in [1.29, 1.82) is 0 Å². The fraction of sp³-hybridized carbons (Fsp3) is 0.385. The molecule has 0 N–H and O–H groups in total. The Morgan fingerprint density at radius 3 is 2.39 bits per heavy atom. The Morgan fingerprint density at radius 1 is 1.13 bits per heavy atom. The second kappa shape index (κ2) is 6.23. The number of aliphatic imine (C=N–C) groups is 1. The van der Waals surface area contributed by atoms with Crippen molar-refractivity contribution in [1.82, 2.24) is 29.3 Å². The molecule has 7 nitrogen and oxygen atoms in total. The van der Waals surface area contributed by atoms with E-state index in [0.717, 1.165) is 23.4 Å². The molecule has 0 unspecified atom stereocenters. The van der Waals surface area contributed by atoms with Crippen LogP contribution >= 0.6 is 0 Å². The minimum atomic E-state index is -4.56. The van der Waals surface area contributed by atoms with Crippen LogP contribution < -0.4 is 0 Å². The Bertz CT molecular complexity index is 744. The van der Waals surface area contributed by atoms with Crippen LogP contribution in [-0.2, 0) is 0 Å². The Kier molecular flexibility index (Phi) is 4.52. The van der Waals surface area contributed by atoms with Gasteiger partial charge < -0.3 is 9.80 Å². The van der Waals surface area contributed by atoms with E-state index in [9.17, 15) is 13.2 Å². The van der Waals surface area contributed by atoms with Crippen LogP contribution in [0, 0.1) is 0 Å². The molecule has 2 heterocycles. The lowest BCUT2D eigenvalue weighted by molar-refractivity contribution is -0.0741. The smallest absolute Gasteiger partial charge is 0.382 e. The van der Waals surface area contributed by atoms with E-state index in [0.29, 0.717) is 0 Å². The van der Waals surface area contributed by atoms with Crippen LogP contribution in [0.3, 0.4) is 0 Å². The number of aromatic nitrogens is 4. The van der Waals surface area contributed by atoms with Crippen molar-refractivity contribution in [3.05, 3.63) is 18.9 Å². The predicted octanol–water partition coefficient (Wildman–Crippen LogP) is 1.97. The van der Waals surface area contributed by atoms with E-state index in [1.807, 2.05) is 0 Å². The summed E-state index contributed by atoms with van der Waals surface area (Å²) in [7, 11) is 6.55. The number of allylic oxidation sites excluding steroid dienone is 1. The van der Waals surface area contributed by atoms with Gasteiger partial charge in [0.2, 0.25) is 0 Å². The molecule has 0 aromatic carbocycles. The Labute approximate surface area is 130 Å². The average molecular weight is 327 g/mol. The minimum Gasteiger partial charge on any atom is -0.382 e. The first-order valence-corrected chi connectivity index (χ1v) is 6.54. The number of hydrogen-bond acceptors (Lipinski definition) is 5. The predicted molar refractivity (Wildman–Crippen MR) is 81.2 cm³/mol. The molecule has 0 atom stereocenters. The molecule has 0 saturated heterocycles. The lowest BCUT2D eigenvalue weighted by Gasteiger charge is -2.16. The molecule has 0 fully saturated rings. The van der Waals surface area contributed by atoms with Crippen molar-refractivity contribution in [3.63, 3.8) is 0 Å². The van der Waals surface area contributed by atoms with E-state index < -0.39 is 11.9 Å². The molecular formula is C13H16F3N7. The fourth-order valence-corrected chi connectivity index (χ4v) is 1.78. The molecule has 0 saturated carbocycles. The maximum atomic E-state index is 13.3. The van der Waals surface area contributed by atoms with E-state index in [1.54, 1.807) is 19.0 Å². The first-order chi connectivity index (χ1) is 10.7. The van der Waals surface area contributed by atoms with Crippen LogP contribution in [0.2, 0.25) is 0 Å². The molecule has 0 spiro atoms. The van der Waals surface area contributed by atoms with Crippen LogP contribution in [0.4, 0.5) is 19.0 Å². The van der Waals surface area contributed by atoms with Crippen LogP contribution in [0.15, 0.2) is 23.8 Å². The maximum Gasteiger partial charge on any atom is 0.433 e. The number of hydrogen-bond donors (Lipinski definition) is 0. The second-order valence-corrected chi connectivity index (χ2v) is 5.17. The zero-order chi connectivity index (χ0) is 17.2. The molecule has 124 valence electrons. The molecule has 2 aromatic heterocycles. The Hall–Kier alpha value is -2.65. The van der Waals surface area contributed by atoms with Gasteiger partial charge in [-0.1, -0.05) is 0 Å². The van der Waals surface area contributed by atoms with Gasteiger partial charge in [-0.2, -0.15) is 13.2 Å². The normalized spacial score (nSPS) is 13.1. The largest absolute Gasteiger partial charge is 0.433 e. The first kappa shape index (κ1) is 16.7. The van der Waals surface area contributed by atoms with Gasteiger partial charge in [-0.3, -0.25) is 4.57 Å². The summed E-state index contributed by atoms with van der Waals surface area (Å²) >= 11 is 0. The van der Waals surface area contributed by atoms with Crippen LogP contribution in [0.5, 0.6) is 0 Å². The van der Waals surface area contributed by atoms with Gasteiger partial charge >= 0.3 is 6.18 Å². The highest BCUT2D eigenvalue weighted by Crippen LogP contribution is 2.32. The fourth-order valence-electron chi connectivity index (χ4n) is 1.78. The summed E-state index contributed by atoms with van der Waals surface area (Å²) in [4.78, 5) is 18.9. The van der Waals surface area contributed by atoms with Crippen molar-refractivity contribution in [2.75, 3.05) is 28.2 Å². The quantitative estimate of drug-likeness (QED) is 0.635. The number of rotatable bonds is 4. The average Bonchev–Trinajstić information content (AvgIpc) is 2.85. The zero-order valence-corrected chi connectivity index (χ0v) is 13.1. The van der Waals surface area contributed by atoms with Gasteiger partial charge in [0.15, 0.2) is 17.0 Å². The summed E-state index contributed by atoms with van der Waals surface area (Å²) in [6, 6.07) is 0. The Balaban J connectivity index is 2.61. The standard InChI is InChI=1S/C13H16F3N7/c1-21(2)5-9(13(14,15)16)23-8-19-10-11(20-7-22(3)4)17-6-18-12(10)23/h5-8H,1-4H3/b9-5-,20-7+. The molecule has 0 aliphatic heterocycles. The van der Waals surface area contributed by atoms with Crippen molar-refractivity contribution in [2.45, 2.75) is 6.18 Å². The van der Waals surface area contributed by atoms with E-state index >= 15 is 0 Å². The van der Waals surface area contributed by atoms with E-state index in [1.165, 1.54) is 25.3 Å². The van der Waals surface area contributed by atoms with E-state index in [2.05, 4.69) is 19.9 Å². The molecule has 10 heteroatoms. The van der Waals surface area contributed by atoms with E-state index in [-0.39, 0.29) is 17.0 Å². The van der Waals surface area contributed by atoms with Gasteiger partial charge in [-0.25, -0.2) is 19.9 Å². The van der Waals surface area contributed by atoms with E-state index in [4.69, 9.17) is 0 Å². The molecule has 0 aliphatic carbocycles.